The molecule has 2 aromatic rings. The molecule has 0 saturated heterocycles. The topological polar surface area (TPSA) is 63.0 Å². The third-order valence-corrected chi connectivity index (χ3v) is 5.04. The van der Waals surface area contributed by atoms with E-state index < -0.39 is 28.5 Å². The monoisotopic (exact) mass is 458 g/mol. The molecule has 0 spiro atoms. The van der Waals surface area contributed by atoms with Gasteiger partial charge in [-0.25, -0.2) is 4.98 Å². The lowest BCUT2D eigenvalue weighted by atomic mass is 10.1. The van der Waals surface area contributed by atoms with Crippen molar-refractivity contribution in [2.45, 2.75) is 30.3 Å². The molecular weight excluding hydrogens is 445 g/mol. The van der Waals surface area contributed by atoms with Gasteiger partial charge >= 0.3 is 12.1 Å². The van der Waals surface area contributed by atoms with Crippen LogP contribution in [0.1, 0.15) is 25.0 Å². The SMILES string of the molecule is CCOC(=O)C(C)Sc1nc(-c2ccc(Br)cc2)cc(C(F)(F)F)c1C#N. The van der Waals surface area contributed by atoms with Crippen LogP contribution in [0, 0.1) is 11.3 Å². The number of alkyl halides is 3. The number of carbonyl (C=O) groups is 1. The summed E-state index contributed by atoms with van der Waals surface area (Å²) < 4.78 is 46.2. The zero-order valence-corrected chi connectivity index (χ0v) is 16.7. The summed E-state index contributed by atoms with van der Waals surface area (Å²) in [5.74, 6) is -0.587. The van der Waals surface area contributed by atoms with Crippen molar-refractivity contribution in [1.82, 2.24) is 4.98 Å². The normalized spacial score (nSPS) is 12.3. The van der Waals surface area contributed by atoms with Crippen molar-refractivity contribution >= 4 is 33.7 Å². The first-order valence-electron chi connectivity index (χ1n) is 7.79. The van der Waals surface area contributed by atoms with Gasteiger partial charge in [0.05, 0.1) is 23.4 Å². The lowest BCUT2D eigenvalue weighted by Crippen LogP contribution is -2.18. The predicted octanol–water partition coefficient (Wildman–Crippen LogP) is 5.45. The van der Waals surface area contributed by atoms with Crippen LogP contribution in [-0.4, -0.2) is 22.8 Å². The zero-order chi connectivity index (χ0) is 20.2. The van der Waals surface area contributed by atoms with Gasteiger partial charge in [-0.1, -0.05) is 39.8 Å². The van der Waals surface area contributed by atoms with Crippen molar-refractivity contribution in [3.05, 3.63) is 45.9 Å². The van der Waals surface area contributed by atoms with Crippen LogP contribution in [0.3, 0.4) is 0 Å². The second kappa shape index (κ2) is 8.76. The molecule has 27 heavy (non-hydrogen) atoms. The van der Waals surface area contributed by atoms with Gasteiger partial charge in [-0.2, -0.15) is 18.4 Å². The smallest absolute Gasteiger partial charge is 0.417 e. The molecule has 1 aromatic heterocycles. The number of aromatic nitrogens is 1. The number of esters is 1. The van der Waals surface area contributed by atoms with Crippen LogP contribution < -0.4 is 0 Å². The number of thioether (sulfide) groups is 1. The average Bonchev–Trinajstić information content (AvgIpc) is 2.61. The summed E-state index contributed by atoms with van der Waals surface area (Å²) in [7, 11) is 0. The van der Waals surface area contributed by atoms with Crippen LogP contribution in [-0.2, 0) is 15.7 Å². The molecule has 0 amide bonds. The fraction of sp³-hybridized carbons (Fsp3) is 0.278. The van der Waals surface area contributed by atoms with Gasteiger partial charge in [0.1, 0.15) is 16.3 Å². The summed E-state index contributed by atoms with van der Waals surface area (Å²) in [4.78, 5) is 16.1. The zero-order valence-electron chi connectivity index (χ0n) is 14.3. The summed E-state index contributed by atoms with van der Waals surface area (Å²) in [6.45, 7) is 3.27. The van der Waals surface area contributed by atoms with Gasteiger partial charge in [0.25, 0.3) is 0 Å². The lowest BCUT2D eigenvalue weighted by molar-refractivity contribution is -0.142. The fourth-order valence-corrected chi connectivity index (χ4v) is 3.37. The number of halogens is 4. The van der Waals surface area contributed by atoms with Crippen LogP contribution in [0.25, 0.3) is 11.3 Å². The van der Waals surface area contributed by atoms with Crippen LogP contribution in [0.15, 0.2) is 39.8 Å². The Morgan fingerprint density at radius 2 is 2.00 bits per heavy atom. The number of nitrogens with zero attached hydrogens (tertiary/aromatic N) is 2. The van der Waals surface area contributed by atoms with Gasteiger partial charge < -0.3 is 4.74 Å². The minimum atomic E-state index is -4.74. The van der Waals surface area contributed by atoms with E-state index in [0.717, 1.165) is 22.3 Å². The average molecular weight is 459 g/mol. The van der Waals surface area contributed by atoms with Crippen LogP contribution in [0.5, 0.6) is 0 Å². The van der Waals surface area contributed by atoms with Crippen molar-refractivity contribution < 1.29 is 22.7 Å². The van der Waals surface area contributed by atoms with Gasteiger partial charge in [0, 0.05) is 10.0 Å². The molecule has 0 N–H and O–H groups in total. The minimum Gasteiger partial charge on any atom is -0.465 e. The maximum Gasteiger partial charge on any atom is 0.417 e. The van der Waals surface area contributed by atoms with Crippen molar-refractivity contribution in [1.29, 1.82) is 5.26 Å². The molecule has 1 unspecified atom stereocenters. The molecule has 0 aliphatic carbocycles. The molecule has 1 atom stereocenters. The number of hydrogen-bond donors (Lipinski definition) is 0. The quantitative estimate of drug-likeness (QED) is 0.440. The van der Waals surface area contributed by atoms with Gasteiger partial charge in [0.15, 0.2) is 0 Å². The van der Waals surface area contributed by atoms with E-state index in [-0.39, 0.29) is 17.3 Å². The third kappa shape index (κ3) is 5.23. The number of benzene rings is 1. The summed E-state index contributed by atoms with van der Waals surface area (Å²) in [6.07, 6.45) is -4.74. The minimum absolute atomic E-state index is 0.0624. The Bertz CT molecular complexity index is 880. The largest absolute Gasteiger partial charge is 0.465 e. The first-order chi connectivity index (χ1) is 12.7. The summed E-state index contributed by atoms with van der Waals surface area (Å²) in [5, 5.41) is 8.31. The second-order valence-corrected chi connectivity index (χ2v) is 7.61. The first kappa shape index (κ1) is 21.3. The summed E-state index contributed by atoms with van der Waals surface area (Å²) in [6, 6.07) is 9.00. The maximum atomic E-state index is 13.5. The standard InChI is InChI=1S/C18H14BrF3N2O2S/c1-3-26-17(25)10(2)27-16-13(9-23)14(18(20,21)22)8-15(24-16)11-4-6-12(19)7-5-11/h4-8,10H,3H2,1-2H3. The van der Waals surface area contributed by atoms with E-state index in [1.165, 1.54) is 6.92 Å². The van der Waals surface area contributed by atoms with Crippen LogP contribution in [0.2, 0.25) is 0 Å². The number of carbonyl (C=O) groups excluding carboxylic acids is 1. The maximum absolute atomic E-state index is 13.5. The van der Waals surface area contributed by atoms with E-state index in [1.807, 2.05) is 0 Å². The highest BCUT2D eigenvalue weighted by Crippen LogP contribution is 2.39. The second-order valence-electron chi connectivity index (χ2n) is 5.36. The molecule has 0 bridgehead atoms. The molecule has 142 valence electrons. The van der Waals surface area contributed by atoms with E-state index in [9.17, 15) is 23.2 Å². The van der Waals surface area contributed by atoms with Crippen LogP contribution >= 0.6 is 27.7 Å². The number of nitriles is 1. The molecule has 0 radical (unpaired) electrons. The van der Waals surface area contributed by atoms with Crippen molar-refractivity contribution in [3.63, 3.8) is 0 Å². The molecule has 4 nitrogen and oxygen atoms in total. The van der Waals surface area contributed by atoms with E-state index >= 15 is 0 Å². The Labute approximate surface area is 166 Å². The molecule has 1 heterocycles. The van der Waals surface area contributed by atoms with Gasteiger partial charge in [-0.05, 0) is 32.0 Å². The molecule has 0 aliphatic heterocycles. The molecule has 0 saturated carbocycles. The number of hydrogen-bond acceptors (Lipinski definition) is 5. The van der Waals surface area contributed by atoms with Gasteiger partial charge in [-0.15, -0.1) is 0 Å². The number of pyridine rings is 1. The highest BCUT2D eigenvalue weighted by Gasteiger charge is 2.36. The molecular formula is C18H14BrF3N2O2S. The Hall–Kier alpha value is -2.05. The lowest BCUT2D eigenvalue weighted by Gasteiger charge is -2.16. The number of ether oxygens (including phenoxy) is 1. The van der Waals surface area contributed by atoms with E-state index in [0.29, 0.717) is 5.56 Å². The Morgan fingerprint density at radius 3 is 2.52 bits per heavy atom. The summed E-state index contributed by atoms with van der Waals surface area (Å²) in [5.41, 5.74) is -1.17. The Balaban J connectivity index is 2.59. The number of rotatable bonds is 5. The molecule has 0 fully saturated rings. The highest BCUT2D eigenvalue weighted by molar-refractivity contribution is 9.10. The van der Waals surface area contributed by atoms with E-state index in [1.54, 1.807) is 37.3 Å². The summed E-state index contributed by atoms with van der Waals surface area (Å²) >= 11 is 4.03. The highest BCUT2D eigenvalue weighted by atomic mass is 79.9. The van der Waals surface area contributed by atoms with Gasteiger partial charge in [0.2, 0.25) is 0 Å². The fourth-order valence-electron chi connectivity index (χ4n) is 2.18. The van der Waals surface area contributed by atoms with Crippen molar-refractivity contribution in [2.24, 2.45) is 0 Å². The van der Waals surface area contributed by atoms with E-state index in [4.69, 9.17) is 4.74 Å². The Morgan fingerprint density at radius 1 is 1.37 bits per heavy atom. The first-order valence-corrected chi connectivity index (χ1v) is 9.46. The molecule has 9 heteroatoms. The van der Waals surface area contributed by atoms with Crippen molar-refractivity contribution in [2.75, 3.05) is 6.61 Å². The third-order valence-electron chi connectivity index (χ3n) is 3.45. The Kier molecular flexibility index (Phi) is 6.89. The van der Waals surface area contributed by atoms with E-state index in [2.05, 4.69) is 20.9 Å². The molecule has 0 aliphatic rings. The van der Waals surface area contributed by atoms with Crippen LogP contribution in [0.4, 0.5) is 13.2 Å². The predicted molar refractivity (Wildman–Crippen MR) is 99.0 cm³/mol. The molecule has 2 rings (SSSR count). The molecule has 1 aromatic carbocycles. The van der Waals surface area contributed by atoms with Gasteiger partial charge in [-0.3, -0.25) is 4.79 Å². The van der Waals surface area contributed by atoms with Crippen molar-refractivity contribution in [3.8, 4) is 17.3 Å².